The van der Waals surface area contributed by atoms with Gasteiger partial charge in [0.05, 0.1) is 50.4 Å². The number of aryl methyl sites for hydroxylation is 4. The third-order valence-electron chi connectivity index (χ3n) is 21.4. The van der Waals surface area contributed by atoms with Crippen LogP contribution in [0.3, 0.4) is 0 Å². The molecule has 4 atom stereocenters. The fourth-order valence-electron chi connectivity index (χ4n) is 17.7. The Labute approximate surface area is 478 Å². The van der Waals surface area contributed by atoms with Gasteiger partial charge >= 0.3 is 0 Å². The largest absolute Gasteiger partial charge is 0.291 e. The van der Waals surface area contributed by atoms with E-state index < -0.39 is 16.5 Å². The molecule has 5 aromatic heterocycles. The van der Waals surface area contributed by atoms with Gasteiger partial charge in [-0.2, -0.15) is 13.7 Å². The Morgan fingerprint density at radius 2 is 1.10 bits per heavy atom. The third kappa shape index (κ3) is 4.79. The van der Waals surface area contributed by atoms with Gasteiger partial charge in [0.15, 0.2) is 18.0 Å². The average molecular weight is 1060 g/mol. The van der Waals surface area contributed by atoms with Gasteiger partial charge in [0.25, 0.3) is 0 Å². The lowest BCUT2D eigenvalue weighted by atomic mass is 9.57. The number of para-hydroxylation sites is 3. The summed E-state index contributed by atoms with van der Waals surface area (Å²) in [6.07, 6.45) is 16.1. The summed E-state index contributed by atoms with van der Waals surface area (Å²) in [5.74, 6) is -0.193. The normalized spacial score (nSPS) is 22.6. The summed E-state index contributed by atoms with van der Waals surface area (Å²) in [6, 6.07) is 74.0. The molecule has 13 aromatic rings. The van der Waals surface area contributed by atoms with E-state index in [4.69, 9.17) is 4.98 Å². The second-order valence-corrected chi connectivity index (χ2v) is 25.1. The molecule has 0 fully saturated rings. The highest BCUT2D eigenvalue weighted by Gasteiger charge is 2.67. The van der Waals surface area contributed by atoms with Gasteiger partial charge in [0.2, 0.25) is 39.2 Å². The minimum Gasteiger partial charge on any atom is -0.291 e. The van der Waals surface area contributed by atoms with Crippen LogP contribution in [0, 0.1) is 27.7 Å². The van der Waals surface area contributed by atoms with Crippen LogP contribution in [0.1, 0.15) is 61.6 Å². The van der Waals surface area contributed by atoms with E-state index in [1.165, 1.54) is 161 Å². The van der Waals surface area contributed by atoms with Crippen LogP contribution < -0.4 is 13.7 Å². The van der Waals surface area contributed by atoms with E-state index in [2.05, 4.69) is 271 Å². The minimum absolute atomic E-state index is 0.193. The van der Waals surface area contributed by atoms with Crippen molar-refractivity contribution in [2.45, 2.75) is 50.1 Å². The van der Waals surface area contributed by atoms with Crippen molar-refractivity contribution in [2.24, 2.45) is 0 Å². The molecule has 5 nitrogen and oxygen atoms in total. The number of pyridine rings is 4. The van der Waals surface area contributed by atoms with E-state index in [-0.39, 0.29) is 5.92 Å². The molecule has 0 N–H and O–H groups in total. The SMILES string of the molecule is Cc1cc2c(cc1C)-c1cc3c4c(c1)n1c5ccccc5nc1c1cc5ccccc5[n+](c14)C1=CC45/C=C6/c7ccccc7-c7ccc(c(c7)C7c8cc9ccc8-c8cccc[n+]8C67/C=C(/c6cc(C)c(C)cc6-9)C13C=C24)-c1cccc[n+]15. The number of hydrogen-bond donors (Lipinski definition) is 0. The molecule has 0 radical (unpaired) electrons. The molecule has 3 spiro atoms. The van der Waals surface area contributed by atoms with Gasteiger partial charge in [-0.15, -0.1) is 0 Å². The number of allylic oxidation sites excluding steroid dienone is 8. The maximum Gasteiger partial charge on any atom is 0.238 e. The lowest BCUT2D eigenvalue weighted by Crippen LogP contribution is -2.63. The minimum atomic E-state index is -0.970. The lowest BCUT2D eigenvalue weighted by molar-refractivity contribution is -0.732. The van der Waals surface area contributed by atoms with Crippen molar-refractivity contribution in [3.63, 3.8) is 0 Å². The molecule has 4 unspecified atom stereocenters. The molecule has 8 heterocycles. The summed E-state index contributed by atoms with van der Waals surface area (Å²) >= 11 is 0. The van der Waals surface area contributed by atoms with Gasteiger partial charge in [-0.3, -0.25) is 4.40 Å². The zero-order valence-electron chi connectivity index (χ0n) is 46.2. The van der Waals surface area contributed by atoms with Crippen molar-refractivity contribution < 1.29 is 13.7 Å². The van der Waals surface area contributed by atoms with E-state index in [9.17, 15) is 0 Å². The van der Waals surface area contributed by atoms with Crippen molar-refractivity contribution in [2.75, 3.05) is 0 Å². The van der Waals surface area contributed by atoms with Crippen molar-refractivity contribution >= 4 is 71.8 Å². The van der Waals surface area contributed by atoms with Gasteiger partial charge in [-0.25, -0.2) is 4.98 Å². The van der Waals surface area contributed by atoms with Crippen LogP contribution in [0.25, 0.3) is 128 Å². The second-order valence-electron chi connectivity index (χ2n) is 25.1. The van der Waals surface area contributed by atoms with Crippen LogP contribution in [0.4, 0.5) is 0 Å². The molecule has 3 aliphatic heterocycles. The monoisotopic (exact) mass is 1060 g/mol. The number of fused-ring (bicyclic) bond motifs is 20. The molecule has 0 saturated heterocycles. The molecule has 384 valence electrons. The zero-order valence-corrected chi connectivity index (χ0v) is 46.2. The summed E-state index contributed by atoms with van der Waals surface area (Å²) < 4.78 is 10.7. The highest BCUT2D eigenvalue weighted by Crippen LogP contribution is 2.67. The van der Waals surface area contributed by atoms with Gasteiger partial charge in [-0.1, -0.05) is 84.9 Å². The predicted octanol–water partition coefficient (Wildman–Crippen LogP) is 15.9. The Morgan fingerprint density at radius 1 is 0.458 bits per heavy atom. The van der Waals surface area contributed by atoms with E-state index in [0.717, 1.165) is 22.1 Å². The first kappa shape index (κ1) is 43.7. The molecular formula is C78H50N5+3. The molecule has 22 rings (SSSR count). The van der Waals surface area contributed by atoms with E-state index in [1.807, 2.05) is 0 Å². The third-order valence-corrected chi connectivity index (χ3v) is 21.4. The van der Waals surface area contributed by atoms with Crippen LogP contribution in [0.5, 0.6) is 0 Å². The van der Waals surface area contributed by atoms with Crippen molar-refractivity contribution in [1.29, 1.82) is 0 Å². The molecular weight excluding hydrogens is 1010 g/mol. The van der Waals surface area contributed by atoms with Gasteiger partial charge in [0.1, 0.15) is 5.41 Å². The summed E-state index contributed by atoms with van der Waals surface area (Å²) in [6.45, 7) is 9.26. The first-order chi connectivity index (χ1) is 40.7. The average Bonchev–Trinajstić information content (AvgIpc) is 1.71. The Balaban J connectivity index is 1.14. The van der Waals surface area contributed by atoms with Gasteiger partial charge in [-0.05, 0) is 207 Å². The van der Waals surface area contributed by atoms with Crippen molar-refractivity contribution in [1.82, 2.24) is 9.38 Å². The summed E-state index contributed by atoms with van der Waals surface area (Å²) in [5.41, 5.74) is 34.0. The Bertz CT molecular complexity index is 5580. The highest BCUT2D eigenvalue weighted by atomic mass is 15.1. The standard InChI is InChI=1S/C78H50N5/c1-42-29-54-47-24-26-53-59(34-47)73-58-33-46-23-25-52(58)67-20-11-13-27-80(67)76-38-64(51-17-7-6-16-50(46)51)78(73,81-28-14-12-21-68(53)81)40-63(57(54)32-45(42)4)77-39-62(76)56-31-44(3)43(2)30-55(56)49-36-61(77)72-70(37-49)82-69-22-10-8-18-65(69)79-75(82)60-35-48-15-5-9-19-66(48)83(74(60)72)71(77)41-76/h5-41,73H,1-4H3/q+3/b63-40-,64-38-. The van der Waals surface area contributed by atoms with E-state index in [1.54, 1.807) is 0 Å². The zero-order chi connectivity index (χ0) is 54.3. The Kier molecular flexibility index (Phi) is 7.44. The van der Waals surface area contributed by atoms with Crippen molar-refractivity contribution in [3.8, 4) is 55.9 Å². The highest BCUT2D eigenvalue weighted by molar-refractivity contribution is 6.20. The number of nitrogens with zero attached hydrogens (tertiary/aromatic N) is 5. The Morgan fingerprint density at radius 3 is 1.88 bits per heavy atom. The summed E-state index contributed by atoms with van der Waals surface area (Å²) in [4.78, 5) is 5.67. The van der Waals surface area contributed by atoms with Crippen LogP contribution >= 0.6 is 0 Å². The number of imidazole rings is 1. The van der Waals surface area contributed by atoms with Crippen molar-refractivity contribution in [3.05, 3.63) is 280 Å². The van der Waals surface area contributed by atoms with Crippen LogP contribution in [-0.4, -0.2) is 9.38 Å². The Hall–Kier alpha value is -10.1. The summed E-state index contributed by atoms with van der Waals surface area (Å²) in [7, 11) is 0. The molecule has 0 saturated carbocycles. The predicted molar refractivity (Wildman–Crippen MR) is 332 cm³/mol. The van der Waals surface area contributed by atoms with E-state index in [0.29, 0.717) is 0 Å². The topological polar surface area (TPSA) is 28.9 Å². The fourth-order valence-corrected chi connectivity index (χ4v) is 17.7. The molecule has 9 aliphatic rings. The number of rotatable bonds is 0. The molecule has 12 bridgehead atoms. The maximum atomic E-state index is 5.67. The van der Waals surface area contributed by atoms with Crippen LogP contribution in [-0.2, 0) is 16.5 Å². The first-order valence-corrected chi connectivity index (χ1v) is 29.5. The van der Waals surface area contributed by atoms with Crippen LogP contribution in [0.15, 0.2) is 225 Å². The molecule has 8 aromatic carbocycles. The molecule has 0 amide bonds. The smallest absolute Gasteiger partial charge is 0.238 e. The molecule has 6 aliphatic carbocycles. The quantitative estimate of drug-likeness (QED) is 0.0845. The first-order valence-electron chi connectivity index (χ1n) is 29.5. The second kappa shape index (κ2) is 14.1. The summed E-state index contributed by atoms with van der Waals surface area (Å²) in [5, 5.41) is 3.56. The van der Waals surface area contributed by atoms with E-state index >= 15 is 0 Å². The molecule has 83 heavy (non-hydrogen) atoms. The fraction of sp³-hybridized carbons (Fsp3) is 0.103. The number of benzene rings is 8. The van der Waals surface area contributed by atoms with Gasteiger partial charge < -0.3 is 0 Å². The van der Waals surface area contributed by atoms with Gasteiger partial charge in [0, 0.05) is 52.9 Å². The lowest BCUT2D eigenvalue weighted by Gasteiger charge is -2.45. The number of hydrogen-bond acceptors (Lipinski definition) is 1. The number of aromatic nitrogens is 5. The van der Waals surface area contributed by atoms with Crippen LogP contribution in [0.2, 0.25) is 0 Å². The molecule has 5 heteroatoms. The maximum absolute atomic E-state index is 5.67.